The van der Waals surface area contributed by atoms with Crippen LogP contribution in [0.3, 0.4) is 0 Å². The average Bonchev–Trinajstić information content (AvgIpc) is 2.52. The third-order valence-electron chi connectivity index (χ3n) is 2.88. The van der Waals surface area contributed by atoms with E-state index in [0.717, 1.165) is 10.0 Å². The third kappa shape index (κ3) is 4.35. The highest BCUT2D eigenvalue weighted by Crippen LogP contribution is 2.27. The van der Waals surface area contributed by atoms with Crippen LogP contribution in [0.4, 0.5) is 0 Å². The molecule has 0 spiro atoms. The zero-order chi connectivity index (χ0) is 15.9. The number of para-hydroxylation sites is 2. The Morgan fingerprint density at radius 3 is 2.27 bits per heavy atom. The van der Waals surface area contributed by atoms with E-state index in [1.54, 1.807) is 7.11 Å². The topological polar surface area (TPSA) is 53.7 Å². The predicted molar refractivity (Wildman–Crippen MR) is 94.0 cm³/mol. The van der Waals surface area contributed by atoms with Gasteiger partial charge in [0.15, 0.2) is 11.5 Å². The van der Waals surface area contributed by atoms with E-state index in [4.69, 9.17) is 32.2 Å². The fourth-order valence-electron chi connectivity index (χ4n) is 1.81. The maximum absolute atomic E-state index is 5.67. The maximum Gasteiger partial charge on any atom is 0.161 e. The van der Waals surface area contributed by atoms with Gasteiger partial charge in [0.2, 0.25) is 0 Å². The van der Waals surface area contributed by atoms with Gasteiger partial charge >= 0.3 is 0 Å². The van der Waals surface area contributed by atoms with Gasteiger partial charge in [0.25, 0.3) is 0 Å². The van der Waals surface area contributed by atoms with E-state index in [9.17, 15) is 0 Å². The molecule has 116 valence electrons. The molecule has 2 N–H and O–H groups in total. The Balaban J connectivity index is 1.88. The van der Waals surface area contributed by atoms with Crippen molar-refractivity contribution >= 4 is 33.1 Å². The molecule has 0 amide bonds. The summed E-state index contributed by atoms with van der Waals surface area (Å²) >= 11 is 8.37. The van der Waals surface area contributed by atoms with Crippen molar-refractivity contribution in [3.05, 3.63) is 52.5 Å². The molecular weight excluding hydrogens is 366 g/mol. The molecule has 2 aromatic carbocycles. The number of hydrogen-bond donors (Lipinski definition) is 1. The highest BCUT2D eigenvalue weighted by Gasteiger charge is 2.06. The lowest BCUT2D eigenvalue weighted by molar-refractivity contribution is 0.210. The van der Waals surface area contributed by atoms with E-state index in [1.807, 2.05) is 42.5 Å². The van der Waals surface area contributed by atoms with Gasteiger partial charge in [-0.15, -0.1) is 0 Å². The van der Waals surface area contributed by atoms with Crippen LogP contribution in [-0.4, -0.2) is 25.3 Å². The van der Waals surface area contributed by atoms with Crippen molar-refractivity contribution in [2.24, 2.45) is 5.73 Å². The summed E-state index contributed by atoms with van der Waals surface area (Å²) in [6.45, 7) is 0.812. The van der Waals surface area contributed by atoms with Gasteiger partial charge < -0.3 is 19.9 Å². The highest BCUT2D eigenvalue weighted by atomic mass is 79.9. The smallest absolute Gasteiger partial charge is 0.161 e. The van der Waals surface area contributed by atoms with Crippen LogP contribution in [-0.2, 0) is 0 Å². The molecule has 2 aromatic rings. The van der Waals surface area contributed by atoms with Crippen molar-refractivity contribution in [3.63, 3.8) is 0 Å². The molecular formula is C16H16BrNO3S. The second-order valence-electron chi connectivity index (χ2n) is 4.36. The fourth-order valence-corrected chi connectivity index (χ4v) is 2.43. The molecule has 2 rings (SSSR count). The van der Waals surface area contributed by atoms with Crippen LogP contribution in [0.25, 0.3) is 0 Å². The largest absolute Gasteiger partial charge is 0.493 e. The van der Waals surface area contributed by atoms with Crippen LogP contribution >= 0.6 is 28.1 Å². The highest BCUT2D eigenvalue weighted by molar-refractivity contribution is 9.10. The first-order chi connectivity index (χ1) is 10.6. The number of nitrogens with two attached hydrogens (primary N) is 1. The molecule has 0 aromatic heterocycles. The van der Waals surface area contributed by atoms with Crippen LogP contribution < -0.4 is 19.9 Å². The van der Waals surface area contributed by atoms with Crippen LogP contribution in [0.15, 0.2) is 46.9 Å². The van der Waals surface area contributed by atoms with Gasteiger partial charge in [0, 0.05) is 5.56 Å². The van der Waals surface area contributed by atoms with Crippen molar-refractivity contribution in [1.82, 2.24) is 0 Å². The first-order valence-corrected chi connectivity index (χ1v) is 7.80. The fraction of sp³-hybridized carbons (Fsp3) is 0.188. The molecule has 6 heteroatoms. The van der Waals surface area contributed by atoms with Crippen LogP contribution in [0.2, 0.25) is 0 Å². The monoisotopic (exact) mass is 381 g/mol. The SMILES string of the molecule is COc1ccccc1OCCOc1ccc(C(N)=S)cc1Br. The summed E-state index contributed by atoms with van der Waals surface area (Å²) in [7, 11) is 1.61. The van der Waals surface area contributed by atoms with Gasteiger partial charge in [0.05, 0.1) is 11.6 Å². The summed E-state index contributed by atoms with van der Waals surface area (Å²) in [6.07, 6.45) is 0. The molecule has 0 saturated carbocycles. The number of rotatable bonds is 7. The first kappa shape index (κ1) is 16.6. The van der Waals surface area contributed by atoms with E-state index in [0.29, 0.717) is 35.5 Å². The number of thiocarbonyl (C=S) groups is 1. The number of halogens is 1. The maximum atomic E-state index is 5.67. The Morgan fingerprint density at radius 2 is 1.68 bits per heavy atom. The van der Waals surface area contributed by atoms with Gasteiger partial charge in [-0.2, -0.15) is 0 Å². The van der Waals surface area contributed by atoms with Crippen molar-refractivity contribution in [2.45, 2.75) is 0 Å². The van der Waals surface area contributed by atoms with E-state index in [2.05, 4.69) is 15.9 Å². The standard InChI is InChI=1S/C16H16BrNO3S/c1-19-14-4-2-3-5-15(14)21-9-8-20-13-7-6-11(16(18)22)10-12(13)17/h2-7,10H,8-9H2,1H3,(H2,18,22). The van der Waals surface area contributed by atoms with Gasteiger partial charge in [0.1, 0.15) is 24.0 Å². The van der Waals surface area contributed by atoms with E-state index in [1.165, 1.54) is 0 Å². The van der Waals surface area contributed by atoms with Crippen LogP contribution in [0, 0.1) is 0 Å². The quantitative estimate of drug-likeness (QED) is 0.586. The summed E-state index contributed by atoms with van der Waals surface area (Å²) in [6, 6.07) is 13.0. The average molecular weight is 382 g/mol. The molecule has 0 bridgehead atoms. The molecule has 0 unspecified atom stereocenters. The molecule has 22 heavy (non-hydrogen) atoms. The second kappa shape index (κ2) is 8.00. The third-order valence-corrected chi connectivity index (χ3v) is 3.74. The van der Waals surface area contributed by atoms with Crippen molar-refractivity contribution in [3.8, 4) is 17.2 Å². The number of benzene rings is 2. The number of ether oxygens (including phenoxy) is 3. The molecule has 0 radical (unpaired) electrons. The first-order valence-electron chi connectivity index (χ1n) is 6.60. The lowest BCUT2D eigenvalue weighted by Gasteiger charge is -2.12. The second-order valence-corrected chi connectivity index (χ2v) is 5.65. The summed E-state index contributed by atoms with van der Waals surface area (Å²) in [5.41, 5.74) is 6.38. The zero-order valence-electron chi connectivity index (χ0n) is 12.0. The van der Waals surface area contributed by atoms with Gasteiger partial charge in [-0.25, -0.2) is 0 Å². The lowest BCUT2D eigenvalue weighted by atomic mass is 10.2. The van der Waals surface area contributed by atoms with Crippen LogP contribution in [0.5, 0.6) is 17.2 Å². The number of hydrogen-bond acceptors (Lipinski definition) is 4. The Kier molecular flexibility index (Phi) is 6.03. The summed E-state index contributed by atoms with van der Waals surface area (Å²) in [5.74, 6) is 2.10. The van der Waals surface area contributed by atoms with Crippen molar-refractivity contribution in [1.29, 1.82) is 0 Å². The Bertz CT molecular complexity index is 664. The minimum atomic E-state index is 0.353. The predicted octanol–water partition coefficient (Wildman–Crippen LogP) is 3.55. The van der Waals surface area contributed by atoms with Gasteiger partial charge in [-0.1, -0.05) is 24.4 Å². The van der Waals surface area contributed by atoms with E-state index in [-0.39, 0.29) is 0 Å². The summed E-state index contributed by atoms with van der Waals surface area (Å²) in [5, 5.41) is 0. The Labute approximate surface area is 143 Å². The molecule has 0 aliphatic carbocycles. The Hall–Kier alpha value is -1.79. The van der Waals surface area contributed by atoms with E-state index < -0.39 is 0 Å². The van der Waals surface area contributed by atoms with E-state index >= 15 is 0 Å². The molecule has 0 aliphatic rings. The normalized spacial score (nSPS) is 10.1. The van der Waals surface area contributed by atoms with Gasteiger partial charge in [-0.05, 0) is 46.3 Å². The van der Waals surface area contributed by atoms with Gasteiger partial charge in [-0.3, -0.25) is 0 Å². The summed E-state index contributed by atoms with van der Waals surface area (Å²) in [4.78, 5) is 0.353. The lowest BCUT2D eigenvalue weighted by Crippen LogP contribution is -2.11. The molecule has 0 fully saturated rings. The minimum absolute atomic E-state index is 0.353. The number of methoxy groups -OCH3 is 1. The van der Waals surface area contributed by atoms with Crippen molar-refractivity contribution < 1.29 is 14.2 Å². The zero-order valence-corrected chi connectivity index (χ0v) is 14.4. The van der Waals surface area contributed by atoms with Crippen LogP contribution in [0.1, 0.15) is 5.56 Å². The molecule has 0 heterocycles. The molecule has 0 saturated heterocycles. The minimum Gasteiger partial charge on any atom is -0.493 e. The van der Waals surface area contributed by atoms with Crippen molar-refractivity contribution in [2.75, 3.05) is 20.3 Å². The molecule has 4 nitrogen and oxygen atoms in total. The summed E-state index contributed by atoms with van der Waals surface area (Å²) < 4.78 is 17.3. The molecule has 0 atom stereocenters. The molecule has 0 aliphatic heterocycles. The Morgan fingerprint density at radius 1 is 1.05 bits per heavy atom.